The summed E-state index contributed by atoms with van der Waals surface area (Å²) in [5, 5.41) is 3.20. The van der Waals surface area contributed by atoms with E-state index in [1.54, 1.807) is 12.1 Å². The zero-order valence-electron chi connectivity index (χ0n) is 10.6. The molecule has 0 bridgehead atoms. The van der Waals surface area contributed by atoms with E-state index >= 15 is 0 Å². The van der Waals surface area contributed by atoms with Crippen LogP contribution in [-0.2, 0) is 6.54 Å². The first-order valence-corrected chi connectivity index (χ1v) is 5.91. The summed E-state index contributed by atoms with van der Waals surface area (Å²) < 4.78 is 13.3. The van der Waals surface area contributed by atoms with Crippen molar-refractivity contribution in [3.63, 3.8) is 0 Å². The van der Waals surface area contributed by atoms with Crippen molar-refractivity contribution in [3.05, 3.63) is 58.9 Å². The molecule has 2 rings (SSSR count). The first-order chi connectivity index (χ1) is 8.56. The molecule has 2 nitrogen and oxygen atoms in total. The van der Waals surface area contributed by atoms with Gasteiger partial charge in [0.2, 0.25) is 0 Å². The predicted molar refractivity (Wildman–Crippen MR) is 74.1 cm³/mol. The molecule has 0 heterocycles. The second-order valence-electron chi connectivity index (χ2n) is 4.52. The summed E-state index contributed by atoms with van der Waals surface area (Å²) in [4.78, 5) is 0. The van der Waals surface area contributed by atoms with E-state index in [-0.39, 0.29) is 11.5 Å². The van der Waals surface area contributed by atoms with Crippen molar-refractivity contribution >= 4 is 11.4 Å². The van der Waals surface area contributed by atoms with Gasteiger partial charge in [0.15, 0.2) is 0 Å². The van der Waals surface area contributed by atoms with Crippen LogP contribution in [0, 0.1) is 19.7 Å². The van der Waals surface area contributed by atoms with Crippen LogP contribution in [0.3, 0.4) is 0 Å². The molecule has 94 valence electrons. The minimum absolute atomic E-state index is 0.173. The zero-order chi connectivity index (χ0) is 13.1. The minimum Gasteiger partial charge on any atom is -0.396 e. The van der Waals surface area contributed by atoms with Crippen LogP contribution in [0.4, 0.5) is 15.8 Å². The number of hydrogen-bond donors (Lipinski definition) is 2. The average Bonchev–Trinajstić information content (AvgIpc) is 2.34. The van der Waals surface area contributed by atoms with Crippen molar-refractivity contribution < 1.29 is 4.39 Å². The maximum absolute atomic E-state index is 13.3. The molecule has 2 aromatic carbocycles. The number of rotatable bonds is 3. The number of nitrogens with two attached hydrogens (primary N) is 1. The van der Waals surface area contributed by atoms with E-state index in [0.717, 1.165) is 5.69 Å². The van der Waals surface area contributed by atoms with Crippen LogP contribution in [0.5, 0.6) is 0 Å². The van der Waals surface area contributed by atoms with E-state index in [9.17, 15) is 4.39 Å². The smallest absolute Gasteiger partial charge is 0.148 e. The predicted octanol–water partition coefficient (Wildman–Crippen LogP) is 3.64. The lowest BCUT2D eigenvalue weighted by molar-refractivity contribution is 0.633. The summed E-state index contributed by atoms with van der Waals surface area (Å²) in [5.41, 5.74) is 10.0. The number of nitrogens with one attached hydrogen (secondary N) is 1. The molecule has 0 aromatic heterocycles. The fourth-order valence-electron chi connectivity index (χ4n) is 1.83. The Labute approximate surface area is 107 Å². The second kappa shape index (κ2) is 5.08. The molecule has 0 saturated carbocycles. The van der Waals surface area contributed by atoms with Gasteiger partial charge in [-0.05, 0) is 43.2 Å². The Hall–Kier alpha value is -2.03. The minimum atomic E-state index is -0.388. The molecule has 0 saturated heterocycles. The van der Waals surface area contributed by atoms with Gasteiger partial charge in [0, 0.05) is 12.2 Å². The third-order valence-corrected chi connectivity index (χ3v) is 2.99. The zero-order valence-corrected chi connectivity index (χ0v) is 10.6. The molecular weight excluding hydrogens is 227 g/mol. The number of nitrogen functional groups attached to an aromatic ring is 1. The number of hydrogen-bond acceptors (Lipinski definition) is 2. The molecule has 0 unspecified atom stereocenters. The molecule has 0 aliphatic heterocycles. The quantitative estimate of drug-likeness (QED) is 0.809. The highest BCUT2D eigenvalue weighted by molar-refractivity contribution is 5.52. The standard InChI is InChI=1S/C15H17FN2/c1-10-3-4-11(2)12(7-10)9-18-13-5-6-15(17)14(16)8-13/h3-8,18H,9,17H2,1-2H3. The van der Waals surface area contributed by atoms with Crippen molar-refractivity contribution in [2.45, 2.75) is 20.4 Å². The van der Waals surface area contributed by atoms with Gasteiger partial charge in [-0.3, -0.25) is 0 Å². The number of halogens is 1. The SMILES string of the molecule is Cc1ccc(C)c(CNc2ccc(N)c(F)c2)c1. The third-order valence-electron chi connectivity index (χ3n) is 2.99. The van der Waals surface area contributed by atoms with Gasteiger partial charge in [-0.1, -0.05) is 23.8 Å². The van der Waals surface area contributed by atoms with Crippen LogP contribution >= 0.6 is 0 Å². The Bertz CT molecular complexity index is 564. The second-order valence-corrected chi connectivity index (χ2v) is 4.52. The molecule has 0 atom stereocenters. The van der Waals surface area contributed by atoms with Crippen molar-refractivity contribution in [1.29, 1.82) is 0 Å². The van der Waals surface area contributed by atoms with Crippen molar-refractivity contribution in [3.8, 4) is 0 Å². The van der Waals surface area contributed by atoms with Crippen LogP contribution in [0.1, 0.15) is 16.7 Å². The van der Waals surface area contributed by atoms with E-state index in [1.807, 2.05) is 0 Å². The lowest BCUT2D eigenvalue weighted by atomic mass is 10.1. The van der Waals surface area contributed by atoms with Gasteiger partial charge in [-0.15, -0.1) is 0 Å². The van der Waals surface area contributed by atoms with E-state index in [2.05, 4.69) is 37.4 Å². The third kappa shape index (κ3) is 2.80. The van der Waals surface area contributed by atoms with E-state index < -0.39 is 0 Å². The maximum atomic E-state index is 13.3. The van der Waals surface area contributed by atoms with Gasteiger partial charge in [-0.2, -0.15) is 0 Å². The Balaban J connectivity index is 2.11. The average molecular weight is 244 g/mol. The van der Waals surface area contributed by atoms with Crippen LogP contribution in [-0.4, -0.2) is 0 Å². The fourth-order valence-corrected chi connectivity index (χ4v) is 1.83. The number of benzene rings is 2. The summed E-state index contributed by atoms with van der Waals surface area (Å²) in [7, 11) is 0. The molecule has 18 heavy (non-hydrogen) atoms. The highest BCUT2D eigenvalue weighted by Gasteiger charge is 2.02. The summed E-state index contributed by atoms with van der Waals surface area (Å²) >= 11 is 0. The molecule has 0 spiro atoms. The summed E-state index contributed by atoms with van der Waals surface area (Å²) in [5.74, 6) is -0.388. The number of aryl methyl sites for hydroxylation is 2. The van der Waals surface area contributed by atoms with Gasteiger partial charge in [0.05, 0.1) is 5.69 Å². The summed E-state index contributed by atoms with van der Waals surface area (Å²) in [6.45, 7) is 4.81. The van der Waals surface area contributed by atoms with Crippen molar-refractivity contribution in [2.75, 3.05) is 11.1 Å². The molecule has 0 fully saturated rings. The monoisotopic (exact) mass is 244 g/mol. The van der Waals surface area contributed by atoms with Crippen molar-refractivity contribution in [2.24, 2.45) is 0 Å². The van der Waals surface area contributed by atoms with E-state index in [0.29, 0.717) is 6.54 Å². The molecule has 2 aromatic rings. The van der Waals surface area contributed by atoms with Gasteiger partial charge < -0.3 is 11.1 Å². The molecule has 3 N–H and O–H groups in total. The molecule has 3 heteroatoms. The lowest BCUT2D eigenvalue weighted by Crippen LogP contribution is -2.02. The van der Waals surface area contributed by atoms with Gasteiger partial charge in [-0.25, -0.2) is 4.39 Å². The molecule has 0 amide bonds. The van der Waals surface area contributed by atoms with Gasteiger partial charge in [0.1, 0.15) is 5.82 Å². The Morgan fingerprint density at radius 1 is 1.11 bits per heavy atom. The van der Waals surface area contributed by atoms with Gasteiger partial charge in [0.25, 0.3) is 0 Å². The lowest BCUT2D eigenvalue weighted by Gasteiger charge is -2.10. The molecule has 0 aliphatic carbocycles. The summed E-state index contributed by atoms with van der Waals surface area (Å²) in [6.07, 6.45) is 0. The normalized spacial score (nSPS) is 10.4. The van der Waals surface area contributed by atoms with E-state index in [4.69, 9.17) is 5.73 Å². The molecular formula is C15H17FN2. The van der Waals surface area contributed by atoms with Crippen LogP contribution in [0.15, 0.2) is 36.4 Å². The van der Waals surface area contributed by atoms with Crippen LogP contribution in [0.2, 0.25) is 0 Å². The first kappa shape index (κ1) is 12.4. The topological polar surface area (TPSA) is 38.0 Å². The largest absolute Gasteiger partial charge is 0.396 e. The Kier molecular flexibility index (Phi) is 3.51. The maximum Gasteiger partial charge on any atom is 0.148 e. The van der Waals surface area contributed by atoms with Crippen LogP contribution < -0.4 is 11.1 Å². The highest BCUT2D eigenvalue weighted by Crippen LogP contribution is 2.18. The van der Waals surface area contributed by atoms with Crippen LogP contribution in [0.25, 0.3) is 0 Å². The fraction of sp³-hybridized carbons (Fsp3) is 0.200. The van der Waals surface area contributed by atoms with Crippen molar-refractivity contribution in [1.82, 2.24) is 0 Å². The highest BCUT2D eigenvalue weighted by atomic mass is 19.1. The molecule has 0 radical (unpaired) electrons. The van der Waals surface area contributed by atoms with E-state index in [1.165, 1.54) is 22.8 Å². The molecule has 0 aliphatic rings. The van der Waals surface area contributed by atoms with Gasteiger partial charge >= 0.3 is 0 Å². The number of anilines is 2. The Morgan fingerprint density at radius 3 is 2.61 bits per heavy atom. The summed E-state index contributed by atoms with van der Waals surface area (Å²) in [6, 6.07) is 11.1. The first-order valence-electron chi connectivity index (χ1n) is 5.91. The Morgan fingerprint density at radius 2 is 1.89 bits per heavy atom.